The van der Waals surface area contributed by atoms with Gasteiger partial charge in [0.1, 0.15) is 0 Å². The Bertz CT molecular complexity index is 791. The van der Waals surface area contributed by atoms with Crippen LogP contribution in [-0.4, -0.2) is 41.8 Å². The van der Waals surface area contributed by atoms with E-state index in [4.69, 9.17) is 11.6 Å². The Morgan fingerprint density at radius 2 is 1.79 bits per heavy atom. The summed E-state index contributed by atoms with van der Waals surface area (Å²) in [6, 6.07) is 9.16. The maximum atomic E-state index is 12.0. The molecule has 0 bridgehead atoms. The van der Waals surface area contributed by atoms with Gasteiger partial charge in [-0.25, -0.2) is 0 Å². The molecule has 0 fully saturated rings. The summed E-state index contributed by atoms with van der Waals surface area (Å²) < 4.78 is 2.02. The van der Waals surface area contributed by atoms with Crippen LogP contribution in [0.25, 0.3) is 0 Å². The van der Waals surface area contributed by atoms with E-state index in [9.17, 15) is 4.79 Å². The van der Waals surface area contributed by atoms with Crippen LogP contribution in [0.2, 0.25) is 5.02 Å². The molecule has 0 aliphatic heterocycles. The summed E-state index contributed by atoms with van der Waals surface area (Å²) in [6.45, 7) is 6.41. The fourth-order valence-corrected chi connectivity index (χ4v) is 2.90. The first-order chi connectivity index (χ1) is 13.5. The third-order valence-electron chi connectivity index (χ3n) is 4.17. The zero-order valence-electron chi connectivity index (χ0n) is 17.2. The molecule has 1 aromatic heterocycles. The van der Waals surface area contributed by atoms with Gasteiger partial charge in [0.05, 0.1) is 5.69 Å². The summed E-state index contributed by atoms with van der Waals surface area (Å²) in [7, 11) is 1.74. The SMILES string of the molecule is CN=C(NCCCC(=O)Nc1ccc(Cl)cc1)NCCCn1nc(C)cc1C.I. The third-order valence-corrected chi connectivity index (χ3v) is 4.42. The number of carbonyl (C=O) groups excluding carboxylic acids is 1. The summed E-state index contributed by atoms with van der Waals surface area (Å²) in [5.41, 5.74) is 2.97. The van der Waals surface area contributed by atoms with Crippen molar-refractivity contribution < 1.29 is 4.79 Å². The summed E-state index contributed by atoms with van der Waals surface area (Å²) in [5, 5.41) is 14.5. The van der Waals surface area contributed by atoms with Crippen LogP contribution < -0.4 is 16.0 Å². The van der Waals surface area contributed by atoms with E-state index in [0.29, 0.717) is 24.4 Å². The number of aryl methyl sites for hydroxylation is 3. The van der Waals surface area contributed by atoms with Crippen molar-refractivity contribution in [3.63, 3.8) is 0 Å². The van der Waals surface area contributed by atoms with Crippen molar-refractivity contribution >= 4 is 53.1 Å². The number of benzene rings is 1. The molecule has 1 heterocycles. The highest BCUT2D eigenvalue weighted by molar-refractivity contribution is 14.0. The largest absolute Gasteiger partial charge is 0.356 e. The zero-order chi connectivity index (χ0) is 20.4. The normalized spacial score (nSPS) is 11.0. The number of hydrogen-bond acceptors (Lipinski definition) is 3. The number of nitrogens with zero attached hydrogens (tertiary/aromatic N) is 3. The van der Waals surface area contributed by atoms with Crippen LogP contribution in [0.4, 0.5) is 5.69 Å². The Balaban J connectivity index is 0.00000420. The fourth-order valence-electron chi connectivity index (χ4n) is 2.77. The number of hydrogen-bond donors (Lipinski definition) is 3. The second kappa shape index (κ2) is 13.4. The van der Waals surface area contributed by atoms with Crippen molar-refractivity contribution in [3.05, 3.63) is 46.7 Å². The van der Waals surface area contributed by atoms with Crippen LogP contribution in [0.5, 0.6) is 0 Å². The van der Waals surface area contributed by atoms with Crippen molar-refractivity contribution in [3.8, 4) is 0 Å². The quantitative estimate of drug-likeness (QED) is 0.199. The van der Waals surface area contributed by atoms with Crippen LogP contribution in [0.1, 0.15) is 30.7 Å². The molecule has 2 aromatic rings. The third kappa shape index (κ3) is 9.49. The maximum absolute atomic E-state index is 12.0. The van der Waals surface area contributed by atoms with Gasteiger partial charge in [-0.3, -0.25) is 14.5 Å². The molecular weight excluding hydrogens is 503 g/mol. The summed E-state index contributed by atoms with van der Waals surface area (Å²) in [5.74, 6) is 0.725. The summed E-state index contributed by atoms with van der Waals surface area (Å²) in [4.78, 5) is 16.2. The van der Waals surface area contributed by atoms with Gasteiger partial charge in [-0.2, -0.15) is 5.10 Å². The van der Waals surface area contributed by atoms with E-state index in [2.05, 4.69) is 39.0 Å². The van der Waals surface area contributed by atoms with Gasteiger partial charge in [-0.15, -0.1) is 24.0 Å². The lowest BCUT2D eigenvalue weighted by Crippen LogP contribution is -2.38. The zero-order valence-corrected chi connectivity index (χ0v) is 20.3. The van der Waals surface area contributed by atoms with Crippen molar-refractivity contribution in [2.24, 2.45) is 4.99 Å². The Hall–Kier alpha value is -1.81. The van der Waals surface area contributed by atoms with Crippen LogP contribution in [-0.2, 0) is 11.3 Å². The highest BCUT2D eigenvalue weighted by Gasteiger charge is 2.04. The number of anilines is 1. The predicted octanol–water partition coefficient (Wildman–Crippen LogP) is 3.75. The number of rotatable bonds is 9. The minimum atomic E-state index is -0.0167. The first-order valence-electron chi connectivity index (χ1n) is 9.49. The molecule has 29 heavy (non-hydrogen) atoms. The van der Waals surface area contributed by atoms with Gasteiger partial charge in [-0.05, 0) is 57.0 Å². The molecule has 160 valence electrons. The Labute approximate surface area is 194 Å². The lowest BCUT2D eigenvalue weighted by Gasteiger charge is -2.12. The van der Waals surface area contributed by atoms with Crippen molar-refractivity contribution in [2.45, 2.75) is 39.7 Å². The van der Waals surface area contributed by atoms with Crippen LogP contribution in [0.15, 0.2) is 35.3 Å². The minimum absolute atomic E-state index is 0. The van der Waals surface area contributed by atoms with Gasteiger partial charge in [0.2, 0.25) is 5.91 Å². The van der Waals surface area contributed by atoms with Crippen LogP contribution in [0.3, 0.4) is 0 Å². The Morgan fingerprint density at radius 3 is 2.38 bits per heavy atom. The van der Waals surface area contributed by atoms with Crippen LogP contribution >= 0.6 is 35.6 Å². The van der Waals surface area contributed by atoms with E-state index < -0.39 is 0 Å². The number of carbonyl (C=O) groups is 1. The Kier molecular flexibility index (Phi) is 11.7. The average Bonchev–Trinajstić information content (AvgIpc) is 2.99. The standard InChI is InChI=1S/C20H29ClN6O.HI/c1-15-14-16(2)27(26-15)13-5-12-24-20(22-3)23-11-4-6-19(28)25-18-9-7-17(21)8-10-18;/h7-10,14H,4-6,11-13H2,1-3H3,(H,25,28)(H2,22,23,24);1H. The topological polar surface area (TPSA) is 83.3 Å². The molecule has 9 heteroatoms. The molecule has 0 radical (unpaired) electrons. The van der Waals surface area contributed by atoms with Gasteiger partial charge >= 0.3 is 0 Å². The average molecular weight is 533 g/mol. The van der Waals surface area contributed by atoms with Gasteiger partial charge in [0, 0.05) is 49.5 Å². The molecule has 3 N–H and O–H groups in total. The lowest BCUT2D eigenvalue weighted by molar-refractivity contribution is -0.116. The van der Waals surface area contributed by atoms with Crippen molar-refractivity contribution in [1.29, 1.82) is 0 Å². The van der Waals surface area contributed by atoms with Gasteiger partial charge in [-0.1, -0.05) is 11.6 Å². The fraction of sp³-hybridized carbons (Fsp3) is 0.450. The van der Waals surface area contributed by atoms with Gasteiger partial charge in [0.25, 0.3) is 0 Å². The molecule has 0 spiro atoms. The van der Waals surface area contributed by atoms with E-state index in [0.717, 1.165) is 36.9 Å². The van der Waals surface area contributed by atoms with Gasteiger partial charge in [0.15, 0.2) is 5.96 Å². The van der Waals surface area contributed by atoms with Gasteiger partial charge < -0.3 is 16.0 Å². The Morgan fingerprint density at radius 1 is 1.14 bits per heavy atom. The molecule has 0 aliphatic rings. The van der Waals surface area contributed by atoms with E-state index >= 15 is 0 Å². The minimum Gasteiger partial charge on any atom is -0.356 e. The smallest absolute Gasteiger partial charge is 0.224 e. The van der Waals surface area contributed by atoms with E-state index in [1.165, 1.54) is 5.69 Å². The molecule has 1 amide bonds. The van der Waals surface area contributed by atoms with Crippen molar-refractivity contribution in [1.82, 2.24) is 20.4 Å². The van der Waals surface area contributed by atoms with Crippen LogP contribution in [0, 0.1) is 13.8 Å². The number of aliphatic imine (C=N–C) groups is 1. The molecule has 2 rings (SSSR count). The number of halogens is 2. The number of aromatic nitrogens is 2. The first-order valence-corrected chi connectivity index (χ1v) is 9.86. The lowest BCUT2D eigenvalue weighted by atomic mass is 10.2. The second-order valence-electron chi connectivity index (χ2n) is 6.59. The first kappa shape index (κ1) is 25.2. The molecule has 0 saturated carbocycles. The highest BCUT2D eigenvalue weighted by Crippen LogP contribution is 2.13. The summed E-state index contributed by atoms with van der Waals surface area (Å²) in [6.07, 6.45) is 2.10. The molecule has 7 nitrogen and oxygen atoms in total. The molecular formula is C20H30ClIN6O. The molecule has 0 atom stereocenters. The van der Waals surface area contributed by atoms with E-state index in [1.54, 1.807) is 31.3 Å². The monoisotopic (exact) mass is 532 g/mol. The van der Waals surface area contributed by atoms with E-state index in [-0.39, 0.29) is 29.9 Å². The highest BCUT2D eigenvalue weighted by atomic mass is 127. The number of guanidine groups is 1. The van der Waals surface area contributed by atoms with Crippen molar-refractivity contribution in [2.75, 3.05) is 25.5 Å². The maximum Gasteiger partial charge on any atom is 0.224 e. The predicted molar refractivity (Wildman–Crippen MR) is 130 cm³/mol. The number of nitrogens with one attached hydrogen (secondary N) is 3. The molecule has 0 aliphatic carbocycles. The molecule has 1 aromatic carbocycles. The molecule has 0 unspecified atom stereocenters. The summed E-state index contributed by atoms with van der Waals surface area (Å²) >= 11 is 5.84. The number of amides is 1. The van der Waals surface area contributed by atoms with E-state index in [1.807, 2.05) is 11.6 Å². The molecule has 0 saturated heterocycles. The second-order valence-corrected chi connectivity index (χ2v) is 7.02.